The van der Waals surface area contributed by atoms with E-state index in [0.29, 0.717) is 0 Å². The second-order valence-corrected chi connectivity index (χ2v) is 4.57. The minimum Gasteiger partial charge on any atom is -0.480 e. The van der Waals surface area contributed by atoms with Gasteiger partial charge in [0.25, 0.3) is 0 Å². The van der Waals surface area contributed by atoms with Crippen molar-refractivity contribution < 1.29 is 19.8 Å². The Kier molecular flexibility index (Phi) is 4.68. The number of benzene rings is 1. The minimum atomic E-state index is -1.05. The Bertz CT molecular complexity index is 592. The van der Waals surface area contributed by atoms with Gasteiger partial charge in [-0.2, -0.15) is 0 Å². The summed E-state index contributed by atoms with van der Waals surface area (Å²) in [6.45, 7) is -0.353. The second kappa shape index (κ2) is 6.67. The minimum absolute atomic E-state index is 0.267. The molecule has 7 heteroatoms. The first-order valence-electron chi connectivity index (χ1n) is 6.28. The number of aliphatic carboxylic acids is 2. The molecule has 21 heavy (non-hydrogen) atoms. The number of imidazole rings is 1. The Morgan fingerprint density at radius 2 is 1.71 bits per heavy atom. The summed E-state index contributed by atoms with van der Waals surface area (Å²) in [7, 11) is 0. The molecule has 0 saturated heterocycles. The highest BCUT2D eigenvalue weighted by Gasteiger charge is 2.13. The molecule has 2 rings (SSSR count). The van der Waals surface area contributed by atoms with Gasteiger partial charge in [0.05, 0.1) is 19.4 Å². The Morgan fingerprint density at radius 3 is 2.19 bits per heavy atom. The van der Waals surface area contributed by atoms with Crippen LogP contribution in [0.1, 0.15) is 5.56 Å². The SMILES string of the molecule is O=C(O)CN(CC(=O)O)Cc1ccc(-n2ccnc2)cc1. The highest BCUT2D eigenvalue weighted by Crippen LogP contribution is 2.11. The van der Waals surface area contributed by atoms with E-state index in [-0.39, 0.29) is 19.6 Å². The topological polar surface area (TPSA) is 95.7 Å². The molecular weight excluding hydrogens is 274 g/mol. The van der Waals surface area contributed by atoms with Gasteiger partial charge in [-0.3, -0.25) is 14.5 Å². The normalized spacial score (nSPS) is 10.7. The maximum Gasteiger partial charge on any atom is 0.317 e. The monoisotopic (exact) mass is 289 g/mol. The third kappa shape index (κ3) is 4.43. The lowest BCUT2D eigenvalue weighted by Crippen LogP contribution is -2.33. The van der Waals surface area contributed by atoms with Gasteiger partial charge in [-0.25, -0.2) is 4.98 Å². The van der Waals surface area contributed by atoms with Crippen molar-refractivity contribution in [2.24, 2.45) is 0 Å². The highest BCUT2D eigenvalue weighted by atomic mass is 16.4. The first-order chi connectivity index (χ1) is 10.0. The molecular formula is C14H15N3O4. The molecule has 0 atom stereocenters. The van der Waals surface area contributed by atoms with E-state index in [9.17, 15) is 9.59 Å². The zero-order chi connectivity index (χ0) is 15.2. The van der Waals surface area contributed by atoms with Crippen molar-refractivity contribution >= 4 is 11.9 Å². The molecule has 0 unspecified atom stereocenters. The van der Waals surface area contributed by atoms with Gasteiger partial charge in [-0.15, -0.1) is 0 Å². The zero-order valence-electron chi connectivity index (χ0n) is 11.2. The summed E-state index contributed by atoms with van der Waals surface area (Å²) >= 11 is 0. The lowest BCUT2D eigenvalue weighted by Gasteiger charge is -2.18. The fourth-order valence-electron chi connectivity index (χ4n) is 1.99. The molecule has 0 fully saturated rings. The van der Waals surface area contributed by atoms with Gasteiger partial charge in [0, 0.05) is 24.6 Å². The number of aromatic nitrogens is 2. The third-order valence-corrected chi connectivity index (χ3v) is 2.86. The zero-order valence-corrected chi connectivity index (χ0v) is 11.2. The maximum atomic E-state index is 10.7. The van der Waals surface area contributed by atoms with Gasteiger partial charge < -0.3 is 14.8 Å². The van der Waals surface area contributed by atoms with Crippen LogP contribution in [0.3, 0.4) is 0 Å². The Labute approximate surface area is 121 Å². The van der Waals surface area contributed by atoms with Gasteiger partial charge in [0.15, 0.2) is 0 Å². The molecule has 0 aliphatic carbocycles. The van der Waals surface area contributed by atoms with Crippen molar-refractivity contribution in [2.45, 2.75) is 6.54 Å². The summed E-state index contributed by atoms with van der Waals surface area (Å²) in [6.07, 6.45) is 5.17. The van der Waals surface area contributed by atoms with E-state index in [0.717, 1.165) is 11.3 Å². The molecule has 2 N–H and O–H groups in total. The Hall–Kier alpha value is -2.67. The summed E-state index contributed by atoms with van der Waals surface area (Å²) in [5.74, 6) is -2.10. The van der Waals surface area contributed by atoms with Crippen LogP contribution in [0.4, 0.5) is 0 Å². The van der Waals surface area contributed by atoms with Crippen LogP contribution in [0.5, 0.6) is 0 Å². The lowest BCUT2D eigenvalue weighted by atomic mass is 10.2. The molecule has 0 bridgehead atoms. The summed E-state index contributed by atoms with van der Waals surface area (Å²) in [4.78, 5) is 26.8. The van der Waals surface area contributed by atoms with E-state index in [1.165, 1.54) is 4.90 Å². The molecule has 1 aromatic heterocycles. The van der Waals surface area contributed by atoms with Gasteiger partial charge in [0.2, 0.25) is 0 Å². The number of rotatable bonds is 7. The van der Waals surface area contributed by atoms with Crippen LogP contribution in [-0.2, 0) is 16.1 Å². The fraction of sp³-hybridized carbons (Fsp3) is 0.214. The molecule has 0 aliphatic heterocycles. The molecule has 0 amide bonds. The molecule has 1 aromatic carbocycles. The van der Waals surface area contributed by atoms with Gasteiger partial charge in [-0.05, 0) is 17.7 Å². The van der Waals surface area contributed by atoms with Crippen LogP contribution in [0.15, 0.2) is 43.0 Å². The quantitative estimate of drug-likeness (QED) is 0.784. The van der Waals surface area contributed by atoms with Gasteiger partial charge >= 0.3 is 11.9 Å². The predicted molar refractivity (Wildman–Crippen MR) is 74.1 cm³/mol. The van der Waals surface area contributed by atoms with E-state index < -0.39 is 11.9 Å². The average molecular weight is 289 g/mol. The molecule has 2 aromatic rings. The smallest absolute Gasteiger partial charge is 0.317 e. The highest BCUT2D eigenvalue weighted by molar-refractivity contribution is 5.72. The van der Waals surface area contributed by atoms with Gasteiger partial charge in [-0.1, -0.05) is 12.1 Å². The number of carbonyl (C=O) groups is 2. The first-order valence-corrected chi connectivity index (χ1v) is 6.28. The van der Waals surface area contributed by atoms with Crippen LogP contribution in [0.2, 0.25) is 0 Å². The van der Waals surface area contributed by atoms with E-state index in [1.54, 1.807) is 12.5 Å². The van der Waals surface area contributed by atoms with E-state index in [1.807, 2.05) is 35.0 Å². The average Bonchev–Trinajstić information content (AvgIpc) is 2.91. The first kappa shape index (κ1) is 14.7. The number of hydrogen-bond donors (Lipinski definition) is 2. The van der Waals surface area contributed by atoms with Crippen molar-refractivity contribution in [2.75, 3.05) is 13.1 Å². The number of carboxylic acid groups (broad SMARTS) is 2. The van der Waals surface area contributed by atoms with Crippen LogP contribution in [-0.4, -0.2) is 49.7 Å². The summed E-state index contributed by atoms with van der Waals surface area (Å²) in [5.41, 5.74) is 1.78. The second-order valence-electron chi connectivity index (χ2n) is 4.57. The van der Waals surface area contributed by atoms with Crippen molar-refractivity contribution in [3.63, 3.8) is 0 Å². The number of hydrogen-bond acceptors (Lipinski definition) is 4. The molecule has 7 nitrogen and oxygen atoms in total. The van der Waals surface area contributed by atoms with Gasteiger partial charge in [0.1, 0.15) is 0 Å². The van der Waals surface area contributed by atoms with Crippen LogP contribution in [0.25, 0.3) is 5.69 Å². The fourth-order valence-corrected chi connectivity index (χ4v) is 1.99. The Balaban J connectivity index is 2.06. The molecule has 0 spiro atoms. The molecule has 0 radical (unpaired) electrons. The summed E-state index contributed by atoms with van der Waals surface area (Å²) in [5, 5.41) is 17.6. The summed E-state index contributed by atoms with van der Waals surface area (Å²) in [6, 6.07) is 7.42. The van der Waals surface area contributed by atoms with Crippen molar-refractivity contribution in [1.29, 1.82) is 0 Å². The maximum absolute atomic E-state index is 10.7. The van der Waals surface area contributed by atoms with Crippen molar-refractivity contribution in [3.05, 3.63) is 48.5 Å². The van der Waals surface area contributed by atoms with Crippen LogP contribution < -0.4 is 0 Å². The summed E-state index contributed by atoms with van der Waals surface area (Å²) < 4.78 is 1.84. The van der Waals surface area contributed by atoms with Crippen molar-refractivity contribution in [3.8, 4) is 5.69 Å². The van der Waals surface area contributed by atoms with E-state index >= 15 is 0 Å². The third-order valence-electron chi connectivity index (χ3n) is 2.86. The molecule has 110 valence electrons. The van der Waals surface area contributed by atoms with Crippen LogP contribution in [0, 0.1) is 0 Å². The van der Waals surface area contributed by atoms with Crippen molar-refractivity contribution in [1.82, 2.24) is 14.5 Å². The largest absolute Gasteiger partial charge is 0.480 e. The molecule has 0 aliphatic rings. The number of nitrogens with zero attached hydrogens (tertiary/aromatic N) is 3. The molecule has 0 saturated carbocycles. The standard InChI is InChI=1S/C14H15N3O4/c18-13(19)8-16(9-14(20)21)7-11-1-3-12(4-2-11)17-6-5-15-10-17/h1-6,10H,7-9H2,(H,18,19)(H,20,21). The predicted octanol–water partition coefficient (Wildman–Crippen LogP) is 0.843. The van der Waals surface area contributed by atoms with E-state index in [4.69, 9.17) is 10.2 Å². The number of carboxylic acids is 2. The Morgan fingerprint density at radius 1 is 1.10 bits per heavy atom. The van der Waals surface area contributed by atoms with E-state index in [2.05, 4.69) is 4.98 Å². The van der Waals surface area contributed by atoms with Crippen LogP contribution >= 0.6 is 0 Å². The lowest BCUT2D eigenvalue weighted by molar-refractivity contribution is -0.142. The molecule has 1 heterocycles.